The number of aliphatic hydroxyl groups excluding tert-OH is 1. The van der Waals surface area contributed by atoms with E-state index in [9.17, 15) is 5.11 Å². The maximum absolute atomic E-state index is 10.2. The summed E-state index contributed by atoms with van der Waals surface area (Å²) in [6.45, 7) is 5.17. The molecule has 0 aliphatic heterocycles. The summed E-state index contributed by atoms with van der Waals surface area (Å²) < 4.78 is 3.73. The van der Waals surface area contributed by atoms with Gasteiger partial charge in [0.2, 0.25) is 0 Å². The fraction of sp³-hybridized carbons (Fsp3) is 0.333. The molecule has 0 amide bonds. The minimum absolute atomic E-state index is 0.484. The molecule has 0 spiro atoms. The van der Waals surface area contributed by atoms with Crippen molar-refractivity contribution in [1.29, 1.82) is 0 Å². The number of aliphatic hydroxyl groups is 1. The van der Waals surface area contributed by atoms with Gasteiger partial charge in [-0.25, -0.2) is 4.98 Å². The van der Waals surface area contributed by atoms with Gasteiger partial charge in [0.1, 0.15) is 0 Å². The lowest BCUT2D eigenvalue weighted by atomic mass is 10.1. The maximum Gasteiger partial charge on any atom is 0.0959 e. The number of benzene rings is 1. The molecule has 1 N–H and O–H groups in total. The van der Waals surface area contributed by atoms with E-state index in [1.54, 1.807) is 17.2 Å². The molecule has 0 aliphatic rings. The van der Waals surface area contributed by atoms with E-state index in [0.29, 0.717) is 13.1 Å². The summed E-state index contributed by atoms with van der Waals surface area (Å²) in [6, 6.07) is 6.06. The third kappa shape index (κ3) is 2.44. The number of fused-ring (bicyclic) bond motifs is 1. The summed E-state index contributed by atoms with van der Waals surface area (Å²) in [7, 11) is 0. The second kappa shape index (κ2) is 5.09. The van der Waals surface area contributed by atoms with E-state index >= 15 is 0 Å². The van der Waals surface area contributed by atoms with Gasteiger partial charge in [-0.1, -0.05) is 0 Å². The van der Waals surface area contributed by atoms with E-state index in [1.165, 1.54) is 11.1 Å². The molecule has 2 heterocycles. The molecule has 0 radical (unpaired) electrons. The van der Waals surface area contributed by atoms with Crippen LogP contribution in [0.1, 0.15) is 11.1 Å². The third-order valence-electron chi connectivity index (χ3n) is 3.60. The van der Waals surface area contributed by atoms with Gasteiger partial charge in [-0.15, -0.1) is 0 Å². The average Bonchev–Trinajstić information content (AvgIpc) is 3.02. The molecule has 1 unspecified atom stereocenters. The quantitative estimate of drug-likeness (QED) is 0.788. The number of aromatic nitrogens is 4. The van der Waals surface area contributed by atoms with Gasteiger partial charge < -0.3 is 9.67 Å². The Morgan fingerprint density at radius 3 is 2.75 bits per heavy atom. The summed E-state index contributed by atoms with van der Waals surface area (Å²) >= 11 is 0. The van der Waals surface area contributed by atoms with Crippen LogP contribution in [0.15, 0.2) is 36.9 Å². The number of imidazole rings is 1. The van der Waals surface area contributed by atoms with E-state index in [4.69, 9.17) is 0 Å². The van der Waals surface area contributed by atoms with Crippen molar-refractivity contribution in [2.75, 3.05) is 0 Å². The van der Waals surface area contributed by atoms with Crippen LogP contribution < -0.4 is 0 Å². The second-order valence-corrected chi connectivity index (χ2v) is 5.20. The maximum atomic E-state index is 10.2. The first kappa shape index (κ1) is 12.9. The predicted molar refractivity (Wildman–Crippen MR) is 77.4 cm³/mol. The molecule has 20 heavy (non-hydrogen) atoms. The lowest BCUT2D eigenvalue weighted by Crippen LogP contribution is -2.22. The molecular weight excluding hydrogens is 252 g/mol. The molecule has 0 bridgehead atoms. The SMILES string of the molecule is Cc1cc2ncn(CC(O)Cn3cccn3)c2cc1C. The highest BCUT2D eigenvalue weighted by Gasteiger charge is 2.10. The van der Waals surface area contributed by atoms with Crippen molar-refractivity contribution in [2.45, 2.75) is 33.0 Å². The number of rotatable bonds is 4. The minimum Gasteiger partial charge on any atom is -0.389 e. The van der Waals surface area contributed by atoms with Gasteiger partial charge in [-0.2, -0.15) is 5.10 Å². The highest BCUT2D eigenvalue weighted by atomic mass is 16.3. The van der Waals surface area contributed by atoms with Gasteiger partial charge in [-0.05, 0) is 43.2 Å². The number of hydrogen-bond donors (Lipinski definition) is 1. The Hall–Kier alpha value is -2.14. The van der Waals surface area contributed by atoms with E-state index in [2.05, 4.69) is 36.1 Å². The lowest BCUT2D eigenvalue weighted by molar-refractivity contribution is 0.131. The van der Waals surface area contributed by atoms with Crippen LogP contribution >= 0.6 is 0 Å². The van der Waals surface area contributed by atoms with Crippen LogP contribution in [0.25, 0.3) is 11.0 Å². The molecule has 0 saturated heterocycles. The van der Waals surface area contributed by atoms with Crippen LogP contribution in [0.3, 0.4) is 0 Å². The van der Waals surface area contributed by atoms with Crippen LogP contribution in [0.5, 0.6) is 0 Å². The molecule has 0 fully saturated rings. The summed E-state index contributed by atoms with van der Waals surface area (Å²) in [5.41, 5.74) is 4.51. The van der Waals surface area contributed by atoms with Crippen molar-refractivity contribution >= 4 is 11.0 Å². The average molecular weight is 270 g/mol. The largest absolute Gasteiger partial charge is 0.389 e. The van der Waals surface area contributed by atoms with Crippen molar-refractivity contribution in [3.05, 3.63) is 48.0 Å². The molecule has 2 aromatic heterocycles. The summed E-state index contributed by atoms with van der Waals surface area (Å²) in [5.74, 6) is 0. The fourth-order valence-electron chi connectivity index (χ4n) is 2.37. The van der Waals surface area contributed by atoms with Crippen molar-refractivity contribution in [3.8, 4) is 0 Å². The molecule has 0 aliphatic carbocycles. The van der Waals surface area contributed by atoms with Crippen molar-refractivity contribution in [3.63, 3.8) is 0 Å². The normalized spacial score (nSPS) is 12.9. The first-order valence-corrected chi connectivity index (χ1v) is 6.71. The Morgan fingerprint density at radius 2 is 2.00 bits per heavy atom. The van der Waals surface area contributed by atoms with Gasteiger partial charge in [-0.3, -0.25) is 4.68 Å². The monoisotopic (exact) mass is 270 g/mol. The Bertz CT molecular complexity index is 715. The number of aryl methyl sites for hydroxylation is 2. The molecule has 1 aromatic carbocycles. The summed E-state index contributed by atoms with van der Waals surface area (Å²) in [4.78, 5) is 4.40. The van der Waals surface area contributed by atoms with Crippen LogP contribution in [-0.4, -0.2) is 30.5 Å². The van der Waals surface area contributed by atoms with Gasteiger partial charge in [0, 0.05) is 12.4 Å². The number of hydrogen-bond acceptors (Lipinski definition) is 3. The van der Waals surface area contributed by atoms with Crippen molar-refractivity contribution in [2.24, 2.45) is 0 Å². The predicted octanol–water partition coefficient (Wildman–Crippen LogP) is 1.91. The van der Waals surface area contributed by atoms with E-state index in [-0.39, 0.29) is 0 Å². The molecule has 104 valence electrons. The Kier molecular flexibility index (Phi) is 3.28. The van der Waals surface area contributed by atoms with Gasteiger partial charge in [0.25, 0.3) is 0 Å². The van der Waals surface area contributed by atoms with Crippen LogP contribution in [-0.2, 0) is 13.1 Å². The highest BCUT2D eigenvalue weighted by Crippen LogP contribution is 2.18. The van der Waals surface area contributed by atoms with E-state index in [0.717, 1.165) is 11.0 Å². The molecule has 5 nitrogen and oxygen atoms in total. The zero-order valence-corrected chi connectivity index (χ0v) is 11.7. The smallest absolute Gasteiger partial charge is 0.0959 e. The van der Waals surface area contributed by atoms with Gasteiger partial charge in [0.15, 0.2) is 0 Å². The highest BCUT2D eigenvalue weighted by molar-refractivity contribution is 5.77. The van der Waals surface area contributed by atoms with E-state index in [1.807, 2.05) is 16.8 Å². The molecule has 1 atom stereocenters. The Morgan fingerprint density at radius 1 is 1.20 bits per heavy atom. The van der Waals surface area contributed by atoms with Gasteiger partial charge >= 0.3 is 0 Å². The lowest BCUT2D eigenvalue weighted by Gasteiger charge is -2.12. The second-order valence-electron chi connectivity index (χ2n) is 5.20. The number of nitrogens with zero attached hydrogens (tertiary/aromatic N) is 4. The topological polar surface area (TPSA) is 55.9 Å². The van der Waals surface area contributed by atoms with Crippen LogP contribution in [0, 0.1) is 13.8 Å². The Balaban J connectivity index is 1.82. The third-order valence-corrected chi connectivity index (χ3v) is 3.60. The van der Waals surface area contributed by atoms with Crippen LogP contribution in [0.4, 0.5) is 0 Å². The molecule has 5 heteroatoms. The summed E-state index contributed by atoms with van der Waals surface area (Å²) in [6.07, 6.45) is 4.86. The molecule has 0 saturated carbocycles. The zero-order chi connectivity index (χ0) is 14.1. The standard InChI is InChI=1S/C15H18N4O/c1-11-6-14-15(7-12(11)2)18(10-16-14)8-13(20)9-19-5-3-4-17-19/h3-7,10,13,20H,8-9H2,1-2H3. The first-order valence-electron chi connectivity index (χ1n) is 6.71. The zero-order valence-electron chi connectivity index (χ0n) is 11.7. The minimum atomic E-state index is -0.492. The molecule has 3 rings (SSSR count). The molecular formula is C15H18N4O. The Labute approximate surface area is 117 Å². The van der Waals surface area contributed by atoms with Crippen molar-refractivity contribution < 1.29 is 5.11 Å². The van der Waals surface area contributed by atoms with Crippen LogP contribution in [0.2, 0.25) is 0 Å². The summed E-state index contributed by atoms with van der Waals surface area (Å²) in [5, 5.41) is 14.3. The van der Waals surface area contributed by atoms with E-state index < -0.39 is 6.10 Å². The molecule has 3 aromatic rings. The van der Waals surface area contributed by atoms with Gasteiger partial charge in [0.05, 0.1) is 36.6 Å². The first-order chi connectivity index (χ1) is 9.63. The fourth-order valence-corrected chi connectivity index (χ4v) is 2.37. The van der Waals surface area contributed by atoms with Crippen molar-refractivity contribution in [1.82, 2.24) is 19.3 Å².